The van der Waals surface area contributed by atoms with E-state index in [0.29, 0.717) is 6.54 Å². The average molecular weight is 316 g/mol. The summed E-state index contributed by atoms with van der Waals surface area (Å²) in [6.45, 7) is 6.09. The number of carboxylic acid groups (broad SMARTS) is 1. The van der Waals surface area contributed by atoms with Gasteiger partial charge < -0.3 is 9.67 Å². The highest BCUT2D eigenvalue weighted by Gasteiger charge is 2.22. The van der Waals surface area contributed by atoms with Crippen LogP contribution in [0.5, 0.6) is 0 Å². The van der Waals surface area contributed by atoms with Crippen molar-refractivity contribution < 1.29 is 18.3 Å². The minimum Gasteiger partial charge on any atom is -0.477 e. The minimum absolute atomic E-state index is 0.00379. The molecule has 0 radical (unpaired) electrons. The van der Waals surface area contributed by atoms with Gasteiger partial charge in [0.25, 0.3) is 0 Å². The fraction of sp³-hybridized carbons (Fsp3) is 0.643. The lowest BCUT2D eigenvalue weighted by molar-refractivity contribution is 0.0685. The molecule has 0 aromatic carbocycles. The molecule has 0 amide bonds. The number of nitrogens with one attached hydrogen (secondary N) is 1. The van der Waals surface area contributed by atoms with Crippen molar-refractivity contribution in [1.29, 1.82) is 0 Å². The van der Waals surface area contributed by atoms with Crippen molar-refractivity contribution in [1.82, 2.24) is 9.29 Å². The van der Waals surface area contributed by atoms with E-state index >= 15 is 0 Å². The first kappa shape index (κ1) is 17.7. The molecule has 120 valence electrons. The molecule has 21 heavy (non-hydrogen) atoms. The number of hydrogen-bond acceptors (Lipinski definition) is 3. The molecule has 1 aromatic heterocycles. The summed E-state index contributed by atoms with van der Waals surface area (Å²) >= 11 is 0. The van der Waals surface area contributed by atoms with E-state index in [0.717, 1.165) is 25.7 Å². The second-order valence-electron chi connectivity index (χ2n) is 5.17. The molecule has 0 aliphatic heterocycles. The van der Waals surface area contributed by atoms with Gasteiger partial charge in [-0.15, -0.1) is 0 Å². The molecule has 1 atom stereocenters. The number of aryl methyl sites for hydroxylation is 1. The van der Waals surface area contributed by atoms with Gasteiger partial charge in [0.05, 0.1) is 0 Å². The number of nitrogens with zero attached hydrogens (tertiary/aromatic N) is 1. The maximum Gasteiger partial charge on any atom is 0.352 e. The van der Waals surface area contributed by atoms with Gasteiger partial charge in [-0.3, -0.25) is 0 Å². The Morgan fingerprint density at radius 3 is 2.52 bits per heavy atom. The van der Waals surface area contributed by atoms with Crippen molar-refractivity contribution in [3.05, 3.63) is 18.0 Å². The first-order valence-corrected chi connectivity index (χ1v) is 8.76. The molecule has 2 N–H and O–H groups in total. The molecule has 0 aliphatic rings. The SMILES string of the molecule is CCCCCC(C)NS(=O)(=O)c1cc(C(=O)O)n(CC)c1. The number of sulfonamides is 1. The molecule has 0 saturated carbocycles. The molecule has 0 bridgehead atoms. The fourth-order valence-corrected chi connectivity index (χ4v) is 3.48. The first-order valence-electron chi connectivity index (χ1n) is 7.27. The van der Waals surface area contributed by atoms with Crippen LogP contribution in [0, 0.1) is 0 Å². The molecule has 1 aromatic rings. The normalized spacial score (nSPS) is 13.3. The molecule has 1 heterocycles. The number of rotatable bonds is 9. The van der Waals surface area contributed by atoms with Crippen LogP contribution in [-0.2, 0) is 16.6 Å². The highest BCUT2D eigenvalue weighted by molar-refractivity contribution is 7.89. The summed E-state index contributed by atoms with van der Waals surface area (Å²) in [7, 11) is -3.68. The number of hydrogen-bond donors (Lipinski definition) is 2. The number of aromatic carboxylic acids is 1. The van der Waals surface area contributed by atoms with Gasteiger partial charge in [0, 0.05) is 18.8 Å². The second-order valence-corrected chi connectivity index (χ2v) is 6.88. The van der Waals surface area contributed by atoms with E-state index in [4.69, 9.17) is 5.11 Å². The molecule has 0 fully saturated rings. The highest BCUT2D eigenvalue weighted by atomic mass is 32.2. The zero-order valence-corrected chi connectivity index (χ0v) is 13.6. The summed E-state index contributed by atoms with van der Waals surface area (Å²) in [4.78, 5) is 11.1. The van der Waals surface area contributed by atoms with Crippen LogP contribution in [-0.4, -0.2) is 30.1 Å². The molecular weight excluding hydrogens is 292 g/mol. The standard InChI is InChI=1S/C14H24N2O4S/c1-4-6-7-8-11(3)15-21(19,20)12-9-13(14(17)18)16(5-2)10-12/h9-11,15H,4-8H2,1-3H3,(H,17,18). The lowest BCUT2D eigenvalue weighted by atomic mass is 10.1. The van der Waals surface area contributed by atoms with Crippen molar-refractivity contribution in [2.45, 2.75) is 63.9 Å². The molecule has 0 spiro atoms. The summed E-state index contributed by atoms with van der Waals surface area (Å²) in [6.07, 6.45) is 5.26. The number of carbonyl (C=O) groups is 1. The number of aromatic nitrogens is 1. The van der Waals surface area contributed by atoms with Gasteiger partial charge in [-0.25, -0.2) is 17.9 Å². The van der Waals surface area contributed by atoms with Gasteiger partial charge in [0.1, 0.15) is 10.6 Å². The smallest absolute Gasteiger partial charge is 0.352 e. The van der Waals surface area contributed by atoms with Crippen LogP contribution in [0.2, 0.25) is 0 Å². The van der Waals surface area contributed by atoms with E-state index in [1.165, 1.54) is 16.8 Å². The Balaban J connectivity index is 2.85. The third-order valence-electron chi connectivity index (χ3n) is 3.34. The third-order valence-corrected chi connectivity index (χ3v) is 4.90. The number of carboxylic acids is 1. The zero-order chi connectivity index (χ0) is 16.0. The lowest BCUT2D eigenvalue weighted by Gasteiger charge is -2.13. The van der Waals surface area contributed by atoms with Crippen LogP contribution in [0.3, 0.4) is 0 Å². The summed E-state index contributed by atoms with van der Waals surface area (Å²) in [5.74, 6) is -1.13. The predicted octanol–water partition coefficient (Wildman–Crippen LogP) is 2.45. The first-order chi connectivity index (χ1) is 9.81. The maximum absolute atomic E-state index is 12.3. The van der Waals surface area contributed by atoms with Gasteiger partial charge in [-0.1, -0.05) is 26.2 Å². The minimum atomic E-state index is -3.68. The topological polar surface area (TPSA) is 88.4 Å². The lowest BCUT2D eigenvalue weighted by Crippen LogP contribution is -2.32. The van der Waals surface area contributed by atoms with Crippen LogP contribution >= 0.6 is 0 Å². The van der Waals surface area contributed by atoms with Crippen molar-refractivity contribution >= 4 is 16.0 Å². The summed E-state index contributed by atoms with van der Waals surface area (Å²) in [5.41, 5.74) is -0.0171. The molecule has 1 rings (SSSR count). The van der Waals surface area contributed by atoms with Crippen LogP contribution in [0.25, 0.3) is 0 Å². The van der Waals surface area contributed by atoms with Gasteiger partial charge in [-0.05, 0) is 26.3 Å². The largest absolute Gasteiger partial charge is 0.477 e. The summed E-state index contributed by atoms with van der Waals surface area (Å²) in [6, 6.07) is 1.03. The average Bonchev–Trinajstić information content (AvgIpc) is 2.83. The maximum atomic E-state index is 12.3. The second kappa shape index (κ2) is 7.61. The van der Waals surface area contributed by atoms with E-state index in [1.54, 1.807) is 6.92 Å². The van der Waals surface area contributed by atoms with Crippen LogP contribution in [0.15, 0.2) is 17.2 Å². The van der Waals surface area contributed by atoms with E-state index in [9.17, 15) is 13.2 Å². The van der Waals surface area contributed by atoms with Gasteiger partial charge >= 0.3 is 5.97 Å². The Hall–Kier alpha value is -1.34. The van der Waals surface area contributed by atoms with Crippen molar-refractivity contribution in [3.63, 3.8) is 0 Å². The van der Waals surface area contributed by atoms with Crippen molar-refractivity contribution in [2.24, 2.45) is 0 Å². The molecule has 6 nitrogen and oxygen atoms in total. The van der Waals surface area contributed by atoms with E-state index in [-0.39, 0.29) is 16.6 Å². The van der Waals surface area contributed by atoms with Gasteiger partial charge in [0.15, 0.2) is 0 Å². The predicted molar refractivity (Wildman–Crippen MR) is 81.0 cm³/mol. The van der Waals surface area contributed by atoms with Gasteiger partial charge in [0.2, 0.25) is 10.0 Å². The Morgan fingerprint density at radius 2 is 2.05 bits per heavy atom. The van der Waals surface area contributed by atoms with E-state index in [2.05, 4.69) is 11.6 Å². The van der Waals surface area contributed by atoms with Crippen molar-refractivity contribution in [2.75, 3.05) is 0 Å². The Kier molecular flexibility index (Phi) is 6.42. The van der Waals surface area contributed by atoms with Crippen LogP contribution in [0.1, 0.15) is 56.9 Å². The molecule has 0 aliphatic carbocycles. The molecule has 7 heteroatoms. The Bertz CT molecular complexity index is 578. The zero-order valence-electron chi connectivity index (χ0n) is 12.8. The van der Waals surface area contributed by atoms with Gasteiger partial charge in [-0.2, -0.15) is 0 Å². The summed E-state index contributed by atoms with van der Waals surface area (Å²) in [5, 5.41) is 9.06. The number of unbranched alkanes of at least 4 members (excludes halogenated alkanes) is 2. The molecular formula is C14H24N2O4S. The van der Waals surface area contributed by atoms with Crippen LogP contribution < -0.4 is 4.72 Å². The fourth-order valence-electron chi connectivity index (χ4n) is 2.16. The molecule has 0 saturated heterocycles. The van der Waals surface area contributed by atoms with E-state index < -0.39 is 16.0 Å². The third kappa shape index (κ3) is 4.86. The quantitative estimate of drug-likeness (QED) is 0.685. The molecule has 1 unspecified atom stereocenters. The summed E-state index contributed by atoms with van der Waals surface area (Å²) < 4.78 is 28.5. The van der Waals surface area contributed by atoms with Crippen molar-refractivity contribution in [3.8, 4) is 0 Å². The Morgan fingerprint density at radius 1 is 1.38 bits per heavy atom. The Labute approximate surface area is 126 Å². The monoisotopic (exact) mass is 316 g/mol. The van der Waals surface area contributed by atoms with Crippen LogP contribution in [0.4, 0.5) is 0 Å². The van der Waals surface area contributed by atoms with E-state index in [1.807, 2.05) is 6.92 Å². The highest BCUT2D eigenvalue weighted by Crippen LogP contribution is 2.16.